The maximum absolute atomic E-state index is 4.52. The molecule has 0 radical (unpaired) electrons. The average Bonchev–Trinajstić information content (AvgIpc) is 3.10. The van der Waals surface area contributed by atoms with Crippen molar-refractivity contribution in [3.05, 3.63) is 60.8 Å². The van der Waals surface area contributed by atoms with Crippen LogP contribution in [-0.4, -0.2) is 29.9 Å². The van der Waals surface area contributed by atoms with Crippen LogP contribution in [0.25, 0.3) is 11.2 Å². The SMILES string of the molecule is c1ccc(CNc2nc(Nc3ccncn3)nc3nc[nH]c23)cc1. The quantitative estimate of drug-likeness (QED) is 0.519. The predicted octanol–water partition coefficient (Wildman–Crippen LogP) is 2.50. The van der Waals surface area contributed by atoms with Crippen molar-refractivity contribution in [3.8, 4) is 0 Å². The summed E-state index contributed by atoms with van der Waals surface area (Å²) in [5.74, 6) is 1.72. The van der Waals surface area contributed by atoms with Crippen molar-refractivity contribution in [1.29, 1.82) is 0 Å². The van der Waals surface area contributed by atoms with Crippen LogP contribution in [0.3, 0.4) is 0 Å². The van der Waals surface area contributed by atoms with E-state index in [2.05, 4.69) is 52.7 Å². The van der Waals surface area contributed by atoms with Crippen LogP contribution >= 0.6 is 0 Å². The van der Waals surface area contributed by atoms with E-state index in [-0.39, 0.29) is 0 Å². The highest BCUT2D eigenvalue weighted by Crippen LogP contribution is 2.20. The van der Waals surface area contributed by atoms with Gasteiger partial charge < -0.3 is 15.6 Å². The van der Waals surface area contributed by atoms with Gasteiger partial charge in [0.15, 0.2) is 11.5 Å². The molecule has 3 N–H and O–H groups in total. The molecule has 8 nitrogen and oxygen atoms in total. The molecule has 0 spiro atoms. The van der Waals surface area contributed by atoms with E-state index in [4.69, 9.17) is 0 Å². The number of benzene rings is 1. The number of nitrogens with one attached hydrogen (secondary N) is 3. The number of aromatic nitrogens is 6. The summed E-state index contributed by atoms with van der Waals surface area (Å²) in [6.45, 7) is 0.652. The number of anilines is 3. The minimum absolute atomic E-state index is 0.420. The summed E-state index contributed by atoms with van der Waals surface area (Å²) in [7, 11) is 0. The smallest absolute Gasteiger partial charge is 0.232 e. The van der Waals surface area contributed by atoms with Crippen LogP contribution in [0.1, 0.15) is 5.56 Å². The summed E-state index contributed by atoms with van der Waals surface area (Å²) in [6, 6.07) is 11.9. The van der Waals surface area contributed by atoms with Gasteiger partial charge in [0.25, 0.3) is 0 Å². The third-order valence-electron chi connectivity index (χ3n) is 3.41. The molecule has 3 heterocycles. The van der Waals surface area contributed by atoms with E-state index in [1.165, 1.54) is 6.33 Å². The van der Waals surface area contributed by atoms with Gasteiger partial charge in [-0.1, -0.05) is 30.3 Å². The number of imidazole rings is 1. The number of fused-ring (bicyclic) bond motifs is 1. The largest absolute Gasteiger partial charge is 0.364 e. The molecule has 4 aromatic rings. The second-order valence-corrected chi connectivity index (χ2v) is 5.06. The second kappa shape index (κ2) is 6.29. The predicted molar refractivity (Wildman–Crippen MR) is 90.8 cm³/mol. The third-order valence-corrected chi connectivity index (χ3v) is 3.41. The number of hydrogen-bond acceptors (Lipinski definition) is 7. The Balaban J connectivity index is 1.62. The zero-order valence-corrected chi connectivity index (χ0v) is 12.6. The van der Waals surface area contributed by atoms with Crippen LogP contribution in [0, 0.1) is 0 Å². The molecule has 118 valence electrons. The molecule has 0 atom stereocenters. The molecule has 3 aromatic heterocycles. The van der Waals surface area contributed by atoms with Gasteiger partial charge in [-0.15, -0.1) is 0 Å². The lowest BCUT2D eigenvalue weighted by molar-refractivity contribution is 1.09. The summed E-state index contributed by atoms with van der Waals surface area (Å²) in [5, 5.41) is 6.38. The summed E-state index contributed by atoms with van der Waals surface area (Å²) in [4.78, 5) is 24.2. The monoisotopic (exact) mass is 318 g/mol. The van der Waals surface area contributed by atoms with Crippen LogP contribution < -0.4 is 10.6 Å². The molecule has 4 rings (SSSR count). The number of H-pyrrole nitrogens is 1. The van der Waals surface area contributed by atoms with Crippen molar-refractivity contribution in [1.82, 2.24) is 29.9 Å². The lowest BCUT2D eigenvalue weighted by atomic mass is 10.2. The zero-order valence-electron chi connectivity index (χ0n) is 12.6. The van der Waals surface area contributed by atoms with Crippen LogP contribution in [0.4, 0.5) is 17.6 Å². The normalized spacial score (nSPS) is 10.7. The van der Waals surface area contributed by atoms with Crippen molar-refractivity contribution in [2.45, 2.75) is 6.54 Å². The van der Waals surface area contributed by atoms with Crippen LogP contribution in [0.2, 0.25) is 0 Å². The fourth-order valence-corrected chi connectivity index (χ4v) is 2.28. The molecule has 0 aliphatic carbocycles. The standard InChI is InChI=1S/C16H14N8/c1-2-4-11(5-3-1)8-18-14-13-15(21-10-20-13)24-16(23-14)22-12-6-7-17-9-19-12/h1-7,9-10H,8H2,(H3,17,18,19,20,21,22,23,24). The van der Waals surface area contributed by atoms with Gasteiger partial charge in [0.2, 0.25) is 5.95 Å². The van der Waals surface area contributed by atoms with Gasteiger partial charge in [-0.25, -0.2) is 15.0 Å². The van der Waals surface area contributed by atoms with Gasteiger partial charge >= 0.3 is 0 Å². The number of nitrogens with zero attached hydrogens (tertiary/aromatic N) is 5. The lowest BCUT2D eigenvalue weighted by Crippen LogP contribution is -2.06. The molecule has 0 amide bonds. The highest BCUT2D eigenvalue weighted by molar-refractivity contribution is 5.84. The number of hydrogen-bond donors (Lipinski definition) is 3. The van der Waals surface area contributed by atoms with E-state index in [1.54, 1.807) is 18.6 Å². The van der Waals surface area contributed by atoms with Crippen molar-refractivity contribution in [3.63, 3.8) is 0 Å². The van der Waals surface area contributed by atoms with Crippen molar-refractivity contribution in [2.24, 2.45) is 0 Å². The van der Waals surface area contributed by atoms with Gasteiger partial charge in [0, 0.05) is 12.7 Å². The van der Waals surface area contributed by atoms with Crippen LogP contribution in [0.15, 0.2) is 55.2 Å². The Labute approximate surface area is 137 Å². The molecule has 0 bridgehead atoms. The Morgan fingerprint density at radius 3 is 2.75 bits per heavy atom. The molecule has 0 saturated heterocycles. The molecule has 0 aliphatic heterocycles. The van der Waals surface area contributed by atoms with Crippen molar-refractivity contribution < 1.29 is 0 Å². The van der Waals surface area contributed by atoms with Crippen LogP contribution in [0.5, 0.6) is 0 Å². The molecular formula is C16H14N8. The molecule has 0 aliphatic rings. The van der Waals surface area contributed by atoms with E-state index in [9.17, 15) is 0 Å². The molecule has 1 aromatic carbocycles. The minimum Gasteiger partial charge on any atom is -0.364 e. The molecule has 0 saturated carbocycles. The zero-order chi connectivity index (χ0) is 16.2. The Morgan fingerprint density at radius 1 is 1.00 bits per heavy atom. The molecule has 8 heteroatoms. The first-order chi connectivity index (χ1) is 11.9. The van der Waals surface area contributed by atoms with E-state index >= 15 is 0 Å². The first-order valence-corrected chi connectivity index (χ1v) is 7.40. The minimum atomic E-state index is 0.420. The van der Waals surface area contributed by atoms with Gasteiger partial charge in [-0.3, -0.25) is 0 Å². The Hall–Kier alpha value is -3.55. The Bertz CT molecular complexity index is 936. The molecule has 24 heavy (non-hydrogen) atoms. The van der Waals surface area contributed by atoms with E-state index < -0.39 is 0 Å². The molecular weight excluding hydrogens is 304 g/mol. The van der Waals surface area contributed by atoms with Crippen molar-refractivity contribution >= 4 is 28.7 Å². The highest BCUT2D eigenvalue weighted by atomic mass is 15.2. The average molecular weight is 318 g/mol. The third kappa shape index (κ3) is 2.98. The van der Waals surface area contributed by atoms with E-state index in [0.717, 1.165) is 11.1 Å². The van der Waals surface area contributed by atoms with Gasteiger partial charge in [-0.05, 0) is 11.6 Å². The Kier molecular flexibility index (Phi) is 3.69. The molecule has 0 unspecified atom stereocenters. The molecule has 0 fully saturated rings. The summed E-state index contributed by atoms with van der Waals surface area (Å²) < 4.78 is 0. The number of aromatic amines is 1. The fraction of sp³-hybridized carbons (Fsp3) is 0.0625. The maximum atomic E-state index is 4.52. The fourth-order valence-electron chi connectivity index (χ4n) is 2.28. The first kappa shape index (κ1) is 14.1. The summed E-state index contributed by atoms with van der Waals surface area (Å²) in [5.41, 5.74) is 2.50. The lowest BCUT2D eigenvalue weighted by Gasteiger charge is -2.09. The van der Waals surface area contributed by atoms with Crippen molar-refractivity contribution in [2.75, 3.05) is 10.6 Å². The summed E-state index contributed by atoms with van der Waals surface area (Å²) in [6.07, 6.45) is 4.71. The number of rotatable bonds is 5. The highest BCUT2D eigenvalue weighted by Gasteiger charge is 2.10. The second-order valence-electron chi connectivity index (χ2n) is 5.06. The van der Waals surface area contributed by atoms with Gasteiger partial charge in [0.05, 0.1) is 6.33 Å². The van der Waals surface area contributed by atoms with Gasteiger partial charge in [0.1, 0.15) is 17.7 Å². The van der Waals surface area contributed by atoms with Gasteiger partial charge in [-0.2, -0.15) is 9.97 Å². The first-order valence-electron chi connectivity index (χ1n) is 7.40. The Morgan fingerprint density at radius 2 is 1.92 bits per heavy atom. The maximum Gasteiger partial charge on any atom is 0.232 e. The summed E-state index contributed by atoms with van der Waals surface area (Å²) >= 11 is 0. The topological polar surface area (TPSA) is 104 Å². The van der Waals surface area contributed by atoms with E-state index in [1.807, 2.05) is 18.2 Å². The van der Waals surface area contributed by atoms with Crippen LogP contribution in [-0.2, 0) is 6.54 Å². The van der Waals surface area contributed by atoms with E-state index in [0.29, 0.717) is 29.8 Å².